The highest BCUT2D eigenvalue weighted by molar-refractivity contribution is 6.24. The molecule has 0 unspecified atom stereocenters. The second-order valence-electron chi connectivity index (χ2n) is 13.0. The third kappa shape index (κ3) is 4.29. The van der Waals surface area contributed by atoms with Crippen LogP contribution in [0, 0.1) is 23.1 Å². The summed E-state index contributed by atoms with van der Waals surface area (Å²) in [6.07, 6.45) is -0.221. The Morgan fingerprint density at radius 2 is 1.83 bits per heavy atom. The van der Waals surface area contributed by atoms with Crippen LogP contribution in [0.25, 0.3) is 16.5 Å². The molecule has 10 nitrogen and oxygen atoms in total. The van der Waals surface area contributed by atoms with E-state index in [2.05, 4.69) is 26.1 Å². The van der Waals surface area contributed by atoms with Crippen LogP contribution in [0.5, 0.6) is 5.75 Å². The number of rotatable bonds is 5. The fraction of sp³-hybridized carbons (Fsp3) is 0.452. The number of Topliss-reactive ketones (excluding diaryl/α,β-unsaturated/α-hetero) is 2. The Morgan fingerprint density at radius 1 is 1.17 bits per heavy atom. The van der Waals surface area contributed by atoms with Gasteiger partial charge in [0.15, 0.2) is 11.4 Å². The van der Waals surface area contributed by atoms with Gasteiger partial charge in [-0.1, -0.05) is 32.9 Å². The van der Waals surface area contributed by atoms with Crippen molar-refractivity contribution in [1.29, 1.82) is 0 Å². The number of carbonyl (C=O) groups excluding carboxylic acids is 3. The summed E-state index contributed by atoms with van der Waals surface area (Å²) in [4.78, 5) is 40.7. The second kappa shape index (κ2) is 9.89. The quantitative estimate of drug-likeness (QED) is 0.290. The lowest BCUT2D eigenvalue weighted by atomic mass is 9.57. The lowest BCUT2D eigenvalue weighted by Gasteiger charge is -2.50. The molecule has 0 bridgehead atoms. The summed E-state index contributed by atoms with van der Waals surface area (Å²) < 4.78 is 16.0. The van der Waals surface area contributed by atoms with Gasteiger partial charge in [0.05, 0.1) is 11.6 Å². The number of hydrogen-bond donors (Lipinski definition) is 6. The summed E-state index contributed by atoms with van der Waals surface area (Å²) >= 11 is 0. The van der Waals surface area contributed by atoms with Gasteiger partial charge in [-0.3, -0.25) is 19.3 Å². The molecule has 42 heavy (non-hydrogen) atoms. The highest BCUT2D eigenvalue weighted by atomic mass is 19.1. The van der Waals surface area contributed by atoms with Gasteiger partial charge in [-0.25, -0.2) is 4.39 Å². The molecular weight excluding hydrogens is 545 g/mol. The van der Waals surface area contributed by atoms with Crippen molar-refractivity contribution in [1.82, 2.24) is 10.2 Å². The number of nitrogens with one attached hydrogen (secondary N) is 1. The number of fused-ring (bicyclic) bond motifs is 4. The fourth-order valence-corrected chi connectivity index (χ4v) is 6.80. The van der Waals surface area contributed by atoms with Crippen LogP contribution in [0.2, 0.25) is 0 Å². The third-order valence-electron chi connectivity index (χ3n) is 8.68. The van der Waals surface area contributed by atoms with Crippen LogP contribution in [0.4, 0.5) is 4.39 Å². The Balaban J connectivity index is 1.66. The zero-order valence-electron chi connectivity index (χ0n) is 24.2. The normalized spacial score (nSPS) is 26.0. The Morgan fingerprint density at radius 3 is 2.43 bits per heavy atom. The summed E-state index contributed by atoms with van der Waals surface area (Å²) in [5, 5.41) is 49.0. The Hall–Kier alpha value is -3.80. The number of nitrogens with zero attached hydrogens (tertiary/aromatic N) is 1. The molecule has 7 N–H and O–H groups in total. The fourth-order valence-electron chi connectivity index (χ4n) is 6.80. The minimum absolute atomic E-state index is 0.00391. The van der Waals surface area contributed by atoms with Gasteiger partial charge >= 0.3 is 0 Å². The van der Waals surface area contributed by atoms with Gasteiger partial charge in [0.25, 0.3) is 5.91 Å². The molecule has 0 radical (unpaired) electrons. The molecule has 0 aliphatic heterocycles. The van der Waals surface area contributed by atoms with Crippen LogP contribution in [0.3, 0.4) is 0 Å². The predicted octanol–water partition coefficient (Wildman–Crippen LogP) is 2.39. The summed E-state index contributed by atoms with van der Waals surface area (Å²) in [5.74, 6) is -8.33. The number of phenols is 1. The van der Waals surface area contributed by atoms with E-state index in [1.165, 1.54) is 19.0 Å². The van der Waals surface area contributed by atoms with Crippen molar-refractivity contribution in [3.63, 3.8) is 0 Å². The van der Waals surface area contributed by atoms with Crippen molar-refractivity contribution >= 4 is 34.0 Å². The molecule has 3 aliphatic rings. The minimum atomic E-state index is -2.75. The molecule has 0 saturated heterocycles. The van der Waals surface area contributed by atoms with E-state index in [4.69, 9.17) is 5.73 Å². The van der Waals surface area contributed by atoms with E-state index in [1.807, 2.05) is 0 Å². The smallest absolute Gasteiger partial charge is 0.255 e. The number of carbonyl (C=O) groups is 3. The van der Waals surface area contributed by atoms with Crippen LogP contribution in [-0.2, 0) is 27.3 Å². The number of ketones is 2. The number of amides is 1. The van der Waals surface area contributed by atoms with Gasteiger partial charge in [0, 0.05) is 40.9 Å². The number of nitrogens with two attached hydrogens (primary N) is 1. The van der Waals surface area contributed by atoms with E-state index in [-0.39, 0.29) is 45.7 Å². The summed E-state index contributed by atoms with van der Waals surface area (Å²) in [6.45, 7) is 7.41. The lowest BCUT2D eigenvalue weighted by Crippen LogP contribution is -2.65. The van der Waals surface area contributed by atoms with Gasteiger partial charge in [-0.2, -0.15) is 0 Å². The van der Waals surface area contributed by atoms with Gasteiger partial charge in [0.1, 0.15) is 28.7 Å². The number of aliphatic hydroxyl groups excluding tert-OH is 2. The Labute approximate surface area is 242 Å². The molecule has 11 heteroatoms. The molecule has 1 fully saturated rings. The van der Waals surface area contributed by atoms with Gasteiger partial charge in [-0.15, -0.1) is 0 Å². The van der Waals surface area contributed by atoms with Gasteiger partial charge in [0.2, 0.25) is 5.78 Å². The molecule has 0 aromatic heterocycles. The number of phenolic OH excluding ortho intramolecular Hbond substituents is 1. The molecular formula is C31H36FN3O7. The average Bonchev–Trinajstić information content (AvgIpc) is 2.88. The zero-order chi connectivity index (χ0) is 31.0. The number of halogens is 1. The summed E-state index contributed by atoms with van der Waals surface area (Å²) in [5.41, 5.74) is 1.94. The molecule has 4 atom stereocenters. The number of aliphatic hydroxyl groups is 3. The van der Waals surface area contributed by atoms with E-state index in [1.54, 1.807) is 18.2 Å². The topological polar surface area (TPSA) is 173 Å². The predicted molar refractivity (Wildman–Crippen MR) is 153 cm³/mol. The monoisotopic (exact) mass is 581 g/mol. The third-order valence-corrected chi connectivity index (χ3v) is 8.68. The first kappa shape index (κ1) is 29.7. The maximum Gasteiger partial charge on any atom is 0.255 e. The molecule has 1 amide bonds. The maximum atomic E-state index is 16.0. The van der Waals surface area contributed by atoms with Crippen LogP contribution >= 0.6 is 0 Å². The van der Waals surface area contributed by atoms with Gasteiger partial charge < -0.3 is 31.5 Å². The first-order valence-electron chi connectivity index (χ1n) is 13.8. The largest absolute Gasteiger partial charge is 0.508 e. The SMILES string of the molecule is CN(C)[C@@H]1C(=O)C(C(N)=O)=C(O)[C@@]2(O)C(=O)C3=C(O)c4c(c(F)c5ccc(CNCC(C)(C)C)cc5c4O)C[C@H]3C[C@@H]12. The molecule has 5 rings (SSSR count). The van der Waals surface area contributed by atoms with E-state index in [0.29, 0.717) is 6.54 Å². The second-order valence-corrected chi connectivity index (χ2v) is 13.0. The first-order valence-corrected chi connectivity index (χ1v) is 13.8. The highest BCUT2D eigenvalue weighted by Crippen LogP contribution is 2.53. The highest BCUT2D eigenvalue weighted by Gasteiger charge is 2.64. The number of aromatic hydroxyl groups is 1. The standard InChI is InChI=1S/C31H36FN3O7/c1-30(2,3)12-34-11-13-6-7-15-16(8-13)24(36)20-17(22(15)32)9-14-10-18-23(35(4)5)26(38)21(29(33)41)28(40)31(18,42)27(39)19(14)25(20)37/h6-8,14,18,23,34,36-37,40,42H,9-12H2,1-5H3,(H2,33,41)/t14-,18-,23-,31-/m0/s1. The minimum Gasteiger partial charge on any atom is -0.508 e. The van der Waals surface area contributed by atoms with Crippen molar-refractivity contribution in [3.8, 4) is 5.75 Å². The van der Waals surface area contributed by atoms with Crippen LogP contribution in [0.1, 0.15) is 43.9 Å². The van der Waals surface area contributed by atoms with Crippen LogP contribution in [-0.4, -0.2) is 75.1 Å². The van der Waals surface area contributed by atoms with Crippen LogP contribution < -0.4 is 11.1 Å². The molecule has 224 valence electrons. The number of primary amides is 1. The van der Waals surface area contributed by atoms with E-state index >= 15 is 4.39 Å². The van der Waals surface area contributed by atoms with Crippen molar-refractivity contribution in [2.75, 3.05) is 20.6 Å². The summed E-state index contributed by atoms with van der Waals surface area (Å²) in [6, 6.07) is 3.72. The Kier molecular flexibility index (Phi) is 6.99. The maximum absolute atomic E-state index is 16.0. The molecule has 2 aromatic carbocycles. The number of hydrogen-bond acceptors (Lipinski definition) is 9. The van der Waals surface area contributed by atoms with Crippen LogP contribution in [0.15, 0.2) is 35.1 Å². The van der Waals surface area contributed by atoms with Crippen molar-refractivity contribution in [3.05, 3.63) is 57.6 Å². The lowest BCUT2D eigenvalue weighted by molar-refractivity contribution is -0.153. The average molecular weight is 582 g/mol. The van der Waals surface area contributed by atoms with Crippen molar-refractivity contribution in [2.45, 2.75) is 51.8 Å². The molecule has 1 saturated carbocycles. The number of benzene rings is 2. The first-order chi connectivity index (χ1) is 19.5. The summed E-state index contributed by atoms with van der Waals surface area (Å²) in [7, 11) is 3.04. The molecule has 2 aromatic rings. The van der Waals surface area contributed by atoms with E-state index in [0.717, 1.165) is 12.1 Å². The van der Waals surface area contributed by atoms with Crippen molar-refractivity contribution in [2.24, 2.45) is 23.0 Å². The van der Waals surface area contributed by atoms with Gasteiger partial charge in [-0.05, 0) is 49.9 Å². The molecule has 3 aliphatic carbocycles. The van der Waals surface area contributed by atoms with E-state index in [9.17, 15) is 34.8 Å². The molecule has 0 spiro atoms. The zero-order valence-corrected chi connectivity index (χ0v) is 24.2. The van der Waals surface area contributed by atoms with Crippen molar-refractivity contribution < 1.29 is 39.2 Å². The van der Waals surface area contributed by atoms with E-state index < -0.39 is 69.6 Å². The Bertz CT molecular complexity index is 1620. The number of likely N-dealkylation sites (N-methyl/N-ethyl adjacent to an activating group) is 1. The molecule has 0 heterocycles.